The van der Waals surface area contributed by atoms with E-state index in [1.165, 1.54) is 6.07 Å². The monoisotopic (exact) mass is 312 g/mol. The lowest BCUT2D eigenvalue weighted by Crippen LogP contribution is -2.41. The fraction of sp³-hybridized carbons (Fsp3) is 0.385. The van der Waals surface area contributed by atoms with Crippen molar-refractivity contribution in [1.29, 1.82) is 0 Å². The van der Waals surface area contributed by atoms with Crippen LogP contribution >= 0.6 is 0 Å². The highest BCUT2D eigenvalue weighted by Gasteiger charge is 2.41. The number of amides is 1. The van der Waals surface area contributed by atoms with Gasteiger partial charge in [0.2, 0.25) is 15.9 Å². The standard InChI is InChI=1S/C13H16N2O5S/c1-21(19,20)15-9-4-2-3-8(7-9)14-12(16)10-5-6-11(10)13(17)18/h2-4,7,10-11,15H,5-6H2,1H3,(H,14,16)(H,17,18). The molecule has 7 nitrogen and oxygen atoms in total. The molecule has 3 N–H and O–H groups in total. The molecule has 1 aliphatic rings. The molecule has 0 aliphatic heterocycles. The molecule has 8 heteroatoms. The number of rotatable bonds is 5. The Bertz CT molecular complexity index is 671. The Kier molecular flexibility index (Phi) is 4.17. The minimum absolute atomic E-state index is 0.332. The number of hydrogen-bond acceptors (Lipinski definition) is 4. The topological polar surface area (TPSA) is 113 Å². The molecule has 114 valence electrons. The van der Waals surface area contributed by atoms with Gasteiger partial charge in [0.05, 0.1) is 23.8 Å². The van der Waals surface area contributed by atoms with Crippen LogP contribution in [0.15, 0.2) is 24.3 Å². The Morgan fingerprint density at radius 2 is 1.81 bits per heavy atom. The molecule has 2 atom stereocenters. The maximum absolute atomic E-state index is 12.0. The molecule has 21 heavy (non-hydrogen) atoms. The summed E-state index contributed by atoms with van der Waals surface area (Å²) in [5, 5.41) is 11.6. The summed E-state index contributed by atoms with van der Waals surface area (Å²) >= 11 is 0. The molecule has 0 aromatic heterocycles. The van der Waals surface area contributed by atoms with Gasteiger partial charge in [-0.15, -0.1) is 0 Å². The average molecular weight is 312 g/mol. The molecule has 1 aromatic rings. The van der Waals surface area contributed by atoms with E-state index >= 15 is 0 Å². The number of carboxylic acid groups (broad SMARTS) is 1. The van der Waals surface area contributed by atoms with Crippen molar-refractivity contribution in [3.05, 3.63) is 24.3 Å². The van der Waals surface area contributed by atoms with E-state index in [0.29, 0.717) is 24.2 Å². The first-order valence-electron chi connectivity index (χ1n) is 6.38. The first-order chi connectivity index (χ1) is 9.76. The van der Waals surface area contributed by atoms with Gasteiger partial charge in [-0.1, -0.05) is 6.07 Å². The number of carboxylic acids is 1. The van der Waals surface area contributed by atoms with Gasteiger partial charge in [0.25, 0.3) is 0 Å². The van der Waals surface area contributed by atoms with Crippen LogP contribution in [-0.4, -0.2) is 31.7 Å². The zero-order chi connectivity index (χ0) is 15.6. The highest BCUT2D eigenvalue weighted by atomic mass is 32.2. The van der Waals surface area contributed by atoms with Crippen LogP contribution in [0.3, 0.4) is 0 Å². The van der Waals surface area contributed by atoms with Crippen molar-refractivity contribution in [2.24, 2.45) is 11.8 Å². The van der Waals surface area contributed by atoms with Crippen LogP contribution in [0.25, 0.3) is 0 Å². The number of sulfonamides is 1. The number of carbonyl (C=O) groups excluding carboxylic acids is 1. The van der Waals surface area contributed by atoms with Crippen molar-refractivity contribution >= 4 is 33.3 Å². The molecule has 1 aromatic carbocycles. The van der Waals surface area contributed by atoms with Gasteiger partial charge in [-0.2, -0.15) is 0 Å². The van der Waals surface area contributed by atoms with Crippen LogP contribution in [0.1, 0.15) is 12.8 Å². The van der Waals surface area contributed by atoms with Gasteiger partial charge in [0.1, 0.15) is 0 Å². The molecule has 0 radical (unpaired) electrons. The highest BCUT2D eigenvalue weighted by Crippen LogP contribution is 2.35. The second-order valence-electron chi connectivity index (χ2n) is 5.07. The Labute approximate surface area is 122 Å². The van der Waals surface area contributed by atoms with Crippen LogP contribution in [0.4, 0.5) is 11.4 Å². The molecular formula is C13H16N2O5S. The fourth-order valence-corrected chi connectivity index (χ4v) is 2.77. The normalized spacial score (nSPS) is 21.2. The Hall–Kier alpha value is -2.09. The summed E-state index contributed by atoms with van der Waals surface area (Å²) in [7, 11) is -3.39. The molecular weight excluding hydrogens is 296 g/mol. The maximum Gasteiger partial charge on any atom is 0.307 e. The third-order valence-corrected chi connectivity index (χ3v) is 3.97. The number of nitrogens with one attached hydrogen (secondary N) is 2. The quantitative estimate of drug-likeness (QED) is 0.754. The van der Waals surface area contributed by atoms with Gasteiger partial charge < -0.3 is 10.4 Å². The summed E-state index contributed by atoms with van der Waals surface area (Å²) in [4.78, 5) is 22.9. The number of benzene rings is 1. The molecule has 0 bridgehead atoms. The van der Waals surface area contributed by atoms with E-state index < -0.39 is 27.8 Å². The van der Waals surface area contributed by atoms with E-state index in [4.69, 9.17) is 5.11 Å². The Morgan fingerprint density at radius 1 is 1.19 bits per heavy atom. The molecule has 2 rings (SSSR count). The molecule has 0 spiro atoms. The van der Waals surface area contributed by atoms with E-state index in [-0.39, 0.29) is 5.91 Å². The summed E-state index contributed by atoms with van der Waals surface area (Å²) in [6.45, 7) is 0. The van der Waals surface area contributed by atoms with Gasteiger partial charge >= 0.3 is 5.97 Å². The SMILES string of the molecule is CS(=O)(=O)Nc1cccc(NC(=O)C2CCC2C(=O)O)c1. The smallest absolute Gasteiger partial charge is 0.307 e. The summed E-state index contributed by atoms with van der Waals surface area (Å²) < 4.78 is 24.6. The van der Waals surface area contributed by atoms with Crippen molar-refractivity contribution in [1.82, 2.24) is 0 Å². The highest BCUT2D eigenvalue weighted by molar-refractivity contribution is 7.92. The third-order valence-electron chi connectivity index (χ3n) is 3.36. The largest absolute Gasteiger partial charge is 0.481 e. The van der Waals surface area contributed by atoms with Gasteiger partial charge in [0, 0.05) is 5.69 Å². The van der Waals surface area contributed by atoms with E-state index in [9.17, 15) is 18.0 Å². The first kappa shape index (κ1) is 15.3. The number of carbonyl (C=O) groups is 2. The van der Waals surface area contributed by atoms with E-state index in [1.807, 2.05) is 0 Å². The van der Waals surface area contributed by atoms with Crippen molar-refractivity contribution in [3.63, 3.8) is 0 Å². The lowest BCUT2D eigenvalue weighted by atomic mass is 9.73. The average Bonchev–Trinajstić information content (AvgIpc) is 2.23. The van der Waals surface area contributed by atoms with E-state index in [1.54, 1.807) is 18.2 Å². The van der Waals surface area contributed by atoms with Gasteiger partial charge in [-0.3, -0.25) is 14.3 Å². The zero-order valence-electron chi connectivity index (χ0n) is 11.4. The van der Waals surface area contributed by atoms with Crippen LogP contribution < -0.4 is 10.0 Å². The summed E-state index contributed by atoms with van der Waals surface area (Å²) in [5.74, 6) is -2.49. The van der Waals surface area contributed by atoms with Gasteiger partial charge in [0.15, 0.2) is 0 Å². The number of anilines is 2. The molecule has 1 fully saturated rings. The number of aliphatic carboxylic acids is 1. The van der Waals surface area contributed by atoms with E-state index in [0.717, 1.165) is 6.26 Å². The maximum atomic E-state index is 12.0. The minimum atomic E-state index is -3.39. The molecule has 0 heterocycles. The van der Waals surface area contributed by atoms with Gasteiger partial charge in [-0.05, 0) is 31.0 Å². The van der Waals surface area contributed by atoms with Crippen molar-refractivity contribution in [3.8, 4) is 0 Å². The van der Waals surface area contributed by atoms with Crippen molar-refractivity contribution in [2.45, 2.75) is 12.8 Å². The second-order valence-corrected chi connectivity index (χ2v) is 6.82. The first-order valence-corrected chi connectivity index (χ1v) is 8.27. The molecule has 1 aliphatic carbocycles. The Morgan fingerprint density at radius 3 is 2.33 bits per heavy atom. The van der Waals surface area contributed by atoms with Crippen molar-refractivity contribution in [2.75, 3.05) is 16.3 Å². The van der Waals surface area contributed by atoms with Crippen molar-refractivity contribution < 1.29 is 23.1 Å². The van der Waals surface area contributed by atoms with Crippen LogP contribution in [0, 0.1) is 11.8 Å². The predicted octanol–water partition coefficient (Wildman–Crippen LogP) is 1.11. The lowest BCUT2D eigenvalue weighted by molar-refractivity contribution is -0.151. The zero-order valence-corrected chi connectivity index (χ0v) is 12.2. The molecule has 0 saturated heterocycles. The molecule has 1 amide bonds. The summed E-state index contributed by atoms with van der Waals surface area (Å²) in [6, 6.07) is 6.24. The second kappa shape index (κ2) is 5.72. The van der Waals surface area contributed by atoms with Gasteiger partial charge in [-0.25, -0.2) is 8.42 Å². The predicted molar refractivity (Wildman–Crippen MR) is 77.4 cm³/mol. The summed E-state index contributed by atoms with van der Waals surface area (Å²) in [5.41, 5.74) is 0.753. The molecule has 1 saturated carbocycles. The summed E-state index contributed by atoms with van der Waals surface area (Å²) in [6.07, 6.45) is 2.08. The number of hydrogen-bond donors (Lipinski definition) is 3. The minimum Gasteiger partial charge on any atom is -0.481 e. The molecule has 2 unspecified atom stereocenters. The fourth-order valence-electron chi connectivity index (χ4n) is 2.22. The Balaban J connectivity index is 2.05. The van der Waals surface area contributed by atoms with Crippen LogP contribution in [0.2, 0.25) is 0 Å². The lowest BCUT2D eigenvalue weighted by Gasteiger charge is -2.31. The van der Waals surface area contributed by atoms with Crippen LogP contribution in [0.5, 0.6) is 0 Å². The van der Waals surface area contributed by atoms with Crippen LogP contribution in [-0.2, 0) is 19.6 Å². The third kappa shape index (κ3) is 3.94. The van der Waals surface area contributed by atoms with E-state index in [2.05, 4.69) is 10.0 Å².